The number of nitrogens with one attached hydrogen (secondary N) is 1. The number of carbonyl (C=O) groups excluding carboxylic acids is 1. The predicted molar refractivity (Wildman–Crippen MR) is 110 cm³/mol. The summed E-state index contributed by atoms with van der Waals surface area (Å²) in [5, 5.41) is 5.83. The van der Waals surface area contributed by atoms with Crippen LogP contribution in [-0.4, -0.2) is 16.9 Å². The molecule has 0 saturated heterocycles. The van der Waals surface area contributed by atoms with Gasteiger partial charge in [-0.05, 0) is 43.2 Å². The molecule has 1 N–H and O–H groups in total. The second kappa shape index (κ2) is 9.21. The summed E-state index contributed by atoms with van der Waals surface area (Å²) in [6, 6.07) is 15.4. The molecule has 0 fully saturated rings. The van der Waals surface area contributed by atoms with E-state index in [2.05, 4.69) is 10.3 Å². The van der Waals surface area contributed by atoms with Gasteiger partial charge < -0.3 is 5.32 Å². The molecular formula is C20H19ClN2OS2. The Bertz CT molecular complexity index is 868. The van der Waals surface area contributed by atoms with Crippen LogP contribution in [0.25, 0.3) is 0 Å². The van der Waals surface area contributed by atoms with Gasteiger partial charge in [0.2, 0.25) is 0 Å². The standard InChI is InChI=1S/C20H19ClN2OS2/c1-14(9-15-5-4-6-16(21)10-15)23-20(24)18-7-2-3-8-19(18)26-12-17-11-25-13-22-17/h2-8,10-11,13-14H,9,12H2,1H3,(H,23,24)/t14-/m0/s1. The molecule has 0 radical (unpaired) electrons. The van der Waals surface area contributed by atoms with Gasteiger partial charge in [-0.2, -0.15) is 0 Å². The lowest BCUT2D eigenvalue weighted by atomic mass is 10.1. The highest BCUT2D eigenvalue weighted by molar-refractivity contribution is 7.98. The number of thioether (sulfide) groups is 1. The van der Waals surface area contributed by atoms with Gasteiger partial charge in [-0.3, -0.25) is 4.79 Å². The van der Waals surface area contributed by atoms with Crippen LogP contribution in [0, 0.1) is 0 Å². The number of carbonyl (C=O) groups is 1. The number of amides is 1. The highest BCUT2D eigenvalue weighted by Crippen LogP contribution is 2.26. The first kappa shape index (κ1) is 19.0. The van der Waals surface area contributed by atoms with Crippen molar-refractivity contribution in [3.8, 4) is 0 Å². The Morgan fingerprint density at radius 3 is 2.88 bits per heavy atom. The summed E-state index contributed by atoms with van der Waals surface area (Å²) in [5.41, 5.74) is 4.66. The lowest BCUT2D eigenvalue weighted by Gasteiger charge is -2.16. The number of nitrogens with zero attached hydrogens (tertiary/aromatic N) is 1. The van der Waals surface area contributed by atoms with E-state index in [1.807, 2.05) is 66.3 Å². The minimum atomic E-state index is -0.0547. The zero-order valence-corrected chi connectivity index (χ0v) is 16.7. The molecule has 3 nitrogen and oxygen atoms in total. The Morgan fingerprint density at radius 1 is 1.27 bits per heavy atom. The molecule has 134 valence electrons. The van der Waals surface area contributed by atoms with Crippen molar-refractivity contribution in [1.82, 2.24) is 10.3 Å². The number of rotatable bonds is 7. The van der Waals surface area contributed by atoms with Gasteiger partial charge in [0.1, 0.15) is 0 Å². The molecule has 1 amide bonds. The molecular weight excluding hydrogens is 384 g/mol. The van der Waals surface area contributed by atoms with Crippen LogP contribution in [-0.2, 0) is 12.2 Å². The molecule has 1 atom stereocenters. The highest BCUT2D eigenvalue weighted by atomic mass is 35.5. The van der Waals surface area contributed by atoms with E-state index in [0.29, 0.717) is 10.6 Å². The van der Waals surface area contributed by atoms with Crippen molar-refractivity contribution in [1.29, 1.82) is 0 Å². The summed E-state index contributed by atoms with van der Waals surface area (Å²) in [5.74, 6) is 0.701. The predicted octanol–water partition coefficient (Wildman–Crippen LogP) is 5.45. The molecule has 0 saturated carbocycles. The lowest BCUT2D eigenvalue weighted by Crippen LogP contribution is -2.34. The van der Waals surface area contributed by atoms with Crippen LogP contribution < -0.4 is 5.32 Å². The summed E-state index contributed by atoms with van der Waals surface area (Å²) in [7, 11) is 0. The second-order valence-corrected chi connectivity index (χ2v) is 8.15. The SMILES string of the molecule is C[C@@H](Cc1cccc(Cl)c1)NC(=O)c1ccccc1SCc1cscn1. The van der Waals surface area contributed by atoms with Crippen LogP contribution in [0.2, 0.25) is 5.02 Å². The van der Waals surface area contributed by atoms with Gasteiger partial charge in [0.25, 0.3) is 5.91 Å². The number of hydrogen-bond donors (Lipinski definition) is 1. The van der Waals surface area contributed by atoms with Crippen LogP contribution in [0.3, 0.4) is 0 Å². The second-order valence-electron chi connectivity index (χ2n) is 5.97. The number of halogens is 1. The molecule has 0 aliphatic heterocycles. The number of aromatic nitrogens is 1. The van der Waals surface area contributed by atoms with Crippen LogP contribution >= 0.6 is 34.7 Å². The first-order chi connectivity index (χ1) is 12.6. The molecule has 0 unspecified atom stereocenters. The quantitative estimate of drug-likeness (QED) is 0.534. The average Bonchev–Trinajstić information content (AvgIpc) is 3.13. The number of thiazole rings is 1. The van der Waals surface area contributed by atoms with Gasteiger partial charge in [-0.1, -0.05) is 35.9 Å². The van der Waals surface area contributed by atoms with E-state index in [1.54, 1.807) is 23.1 Å². The topological polar surface area (TPSA) is 42.0 Å². The Hall–Kier alpha value is -1.82. The van der Waals surface area contributed by atoms with Gasteiger partial charge in [-0.15, -0.1) is 23.1 Å². The molecule has 1 aromatic heterocycles. The zero-order chi connectivity index (χ0) is 18.4. The van der Waals surface area contributed by atoms with Crippen molar-refractivity contribution in [2.75, 3.05) is 0 Å². The van der Waals surface area contributed by atoms with Crippen molar-refractivity contribution in [3.05, 3.63) is 81.3 Å². The van der Waals surface area contributed by atoms with Crippen LogP contribution in [0.4, 0.5) is 0 Å². The van der Waals surface area contributed by atoms with Crippen LogP contribution in [0.5, 0.6) is 0 Å². The largest absolute Gasteiger partial charge is 0.349 e. The highest BCUT2D eigenvalue weighted by Gasteiger charge is 2.14. The third-order valence-electron chi connectivity index (χ3n) is 3.80. The Kier molecular flexibility index (Phi) is 6.72. The number of hydrogen-bond acceptors (Lipinski definition) is 4. The summed E-state index contributed by atoms with van der Waals surface area (Å²) in [4.78, 5) is 18.0. The summed E-state index contributed by atoms with van der Waals surface area (Å²) in [6.45, 7) is 2.00. The van der Waals surface area contributed by atoms with Crippen molar-refractivity contribution < 1.29 is 4.79 Å². The number of benzene rings is 2. The summed E-state index contributed by atoms with van der Waals surface area (Å²) >= 11 is 9.25. The van der Waals surface area contributed by atoms with E-state index in [9.17, 15) is 4.79 Å². The van der Waals surface area contributed by atoms with Gasteiger partial charge in [0.05, 0.1) is 16.8 Å². The normalized spacial score (nSPS) is 11.9. The minimum absolute atomic E-state index is 0.0116. The first-order valence-electron chi connectivity index (χ1n) is 8.26. The van der Waals surface area contributed by atoms with Gasteiger partial charge in [-0.25, -0.2) is 4.98 Å². The average molecular weight is 403 g/mol. The molecule has 0 aliphatic rings. The van der Waals surface area contributed by atoms with E-state index in [0.717, 1.165) is 28.3 Å². The molecule has 2 aromatic carbocycles. The first-order valence-corrected chi connectivity index (χ1v) is 10.6. The molecule has 0 aliphatic carbocycles. The van der Waals surface area contributed by atoms with Crippen LogP contribution in [0.15, 0.2) is 64.3 Å². The Balaban J connectivity index is 1.63. The smallest absolute Gasteiger partial charge is 0.252 e. The fourth-order valence-electron chi connectivity index (χ4n) is 2.61. The van der Waals surface area contributed by atoms with E-state index in [1.165, 1.54) is 0 Å². The Labute approximate surface area is 166 Å². The van der Waals surface area contributed by atoms with Crippen molar-refractivity contribution in [2.24, 2.45) is 0 Å². The van der Waals surface area contributed by atoms with Crippen molar-refractivity contribution >= 4 is 40.6 Å². The lowest BCUT2D eigenvalue weighted by molar-refractivity contribution is 0.0937. The van der Waals surface area contributed by atoms with Gasteiger partial charge in [0.15, 0.2) is 0 Å². The van der Waals surface area contributed by atoms with Crippen LogP contribution in [0.1, 0.15) is 28.5 Å². The van der Waals surface area contributed by atoms with E-state index in [4.69, 9.17) is 11.6 Å². The molecule has 3 rings (SSSR count). The minimum Gasteiger partial charge on any atom is -0.349 e. The molecule has 26 heavy (non-hydrogen) atoms. The van der Waals surface area contributed by atoms with E-state index in [-0.39, 0.29) is 11.9 Å². The fraction of sp³-hybridized carbons (Fsp3) is 0.200. The van der Waals surface area contributed by atoms with Crippen molar-refractivity contribution in [3.63, 3.8) is 0 Å². The van der Waals surface area contributed by atoms with Gasteiger partial charge >= 0.3 is 0 Å². The van der Waals surface area contributed by atoms with Crippen molar-refractivity contribution in [2.45, 2.75) is 30.0 Å². The maximum absolute atomic E-state index is 12.7. The monoisotopic (exact) mass is 402 g/mol. The molecule has 6 heteroatoms. The molecule has 0 bridgehead atoms. The maximum Gasteiger partial charge on any atom is 0.252 e. The zero-order valence-electron chi connectivity index (χ0n) is 14.3. The van der Waals surface area contributed by atoms with Gasteiger partial charge in [0, 0.05) is 27.1 Å². The summed E-state index contributed by atoms with van der Waals surface area (Å²) < 4.78 is 0. The molecule has 1 heterocycles. The fourth-order valence-corrected chi connectivity index (χ4v) is 4.44. The molecule has 3 aromatic rings. The molecule has 0 spiro atoms. The Morgan fingerprint density at radius 2 is 2.12 bits per heavy atom. The third-order valence-corrected chi connectivity index (χ3v) is 5.78. The maximum atomic E-state index is 12.7. The van der Waals surface area contributed by atoms with E-state index >= 15 is 0 Å². The van der Waals surface area contributed by atoms with E-state index < -0.39 is 0 Å². The summed E-state index contributed by atoms with van der Waals surface area (Å²) in [6.07, 6.45) is 0.737. The third kappa shape index (κ3) is 5.34.